The van der Waals surface area contributed by atoms with E-state index in [0.717, 1.165) is 62.8 Å². The van der Waals surface area contributed by atoms with Crippen LogP contribution in [-0.4, -0.2) is 43.1 Å². The predicted molar refractivity (Wildman–Crippen MR) is 130 cm³/mol. The molecule has 1 fully saturated rings. The number of rotatable bonds is 9. The molecule has 168 valence electrons. The van der Waals surface area contributed by atoms with Gasteiger partial charge < -0.3 is 9.47 Å². The van der Waals surface area contributed by atoms with Gasteiger partial charge in [0.1, 0.15) is 6.61 Å². The van der Waals surface area contributed by atoms with Crippen molar-refractivity contribution in [2.24, 2.45) is 0 Å². The number of nitrogens with zero attached hydrogens (tertiary/aromatic N) is 2. The van der Waals surface area contributed by atoms with Crippen LogP contribution in [0.5, 0.6) is 11.5 Å². The fraction of sp³-hybridized carbons (Fsp3) is 0.357. The summed E-state index contributed by atoms with van der Waals surface area (Å²) in [6.45, 7) is 9.08. The SMILES string of the molecule is CCc1ccc(CN2CCN(Cc3ccc(OC)c(OCc4ccccc4)c3)CC2)cc1. The average molecular weight is 431 g/mol. The minimum Gasteiger partial charge on any atom is -0.493 e. The van der Waals surface area contributed by atoms with E-state index in [4.69, 9.17) is 9.47 Å². The summed E-state index contributed by atoms with van der Waals surface area (Å²) in [6, 6.07) is 25.6. The molecule has 0 amide bonds. The Morgan fingerprint density at radius 1 is 0.656 bits per heavy atom. The molecule has 4 heteroatoms. The Labute approximate surface area is 192 Å². The number of methoxy groups -OCH3 is 1. The highest BCUT2D eigenvalue weighted by Gasteiger charge is 2.18. The quantitative estimate of drug-likeness (QED) is 0.468. The van der Waals surface area contributed by atoms with Crippen molar-refractivity contribution < 1.29 is 9.47 Å². The van der Waals surface area contributed by atoms with Gasteiger partial charge in [0.25, 0.3) is 0 Å². The maximum Gasteiger partial charge on any atom is 0.161 e. The van der Waals surface area contributed by atoms with Gasteiger partial charge in [-0.25, -0.2) is 0 Å². The first-order valence-electron chi connectivity index (χ1n) is 11.6. The lowest BCUT2D eigenvalue weighted by Crippen LogP contribution is -2.45. The lowest BCUT2D eigenvalue weighted by atomic mass is 10.1. The number of hydrogen-bond donors (Lipinski definition) is 0. The van der Waals surface area contributed by atoms with Crippen LogP contribution in [0.15, 0.2) is 72.8 Å². The van der Waals surface area contributed by atoms with Crippen LogP contribution >= 0.6 is 0 Å². The third-order valence-electron chi connectivity index (χ3n) is 6.17. The molecule has 1 aliphatic rings. The van der Waals surface area contributed by atoms with Gasteiger partial charge >= 0.3 is 0 Å². The second-order valence-electron chi connectivity index (χ2n) is 8.48. The van der Waals surface area contributed by atoms with Crippen molar-refractivity contribution in [1.29, 1.82) is 0 Å². The first-order valence-corrected chi connectivity index (χ1v) is 11.6. The minimum absolute atomic E-state index is 0.540. The van der Waals surface area contributed by atoms with Gasteiger partial charge in [0, 0.05) is 39.3 Å². The fourth-order valence-corrected chi connectivity index (χ4v) is 4.17. The van der Waals surface area contributed by atoms with Crippen molar-refractivity contribution in [2.75, 3.05) is 33.3 Å². The van der Waals surface area contributed by atoms with Crippen LogP contribution in [0.25, 0.3) is 0 Å². The Bertz CT molecular complexity index is 964. The van der Waals surface area contributed by atoms with E-state index in [0.29, 0.717) is 6.61 Å². The van der Waals surface area contributed by atoms with Crippen molar-refractivity contribution >= 4 is 0 Å². The number of aryl methyl sites for hydroxylation is 1. The Hall–Kier alpha value is -2.82. The Morgan fingerprint density at radius 2 is 1.25 bits per heavy atom. The maximum atomic E-state index is 6.09. The van der Waals surface area contributed by atoms with Gasteiger partial charge in [-0.3, -0.25) is 9.80 Å². The summed E-state index contributed by atoms with van der Waals surface area (Å²) >= 11 is 0. The van der Waals surface area contributed by atoms with Gasteiger partial charge in [0.15, 0.2) is 11.5 Å². The van der Waals surface area contributed by atoms with Crippen molar-refractivity contribution in [3.05, 3.63) is 95.1 Å². The molecule has 0 bridgehead atoms. The van der Waals surface area contributed by atoms with Gasteiger partial charge in [-0.1, -0.05) is 67.6 Å². The van der Waals surface area contributed by atoms with Crippen molar-refractivity contribution in [3.8, 4) is 11.5 Å². The molecule has 4 nitrogen and oxygen atoms in total. The molecule has 4 rings (SSSR count). The molecule has 0 atom stereocenters. The third kappa shape index (κ3) is 6.12. The smallest absolute Gasteiger partial charge is 0.161 e. The van der Waals surface area contributed by atoms with Gasteiger partial charge in [0.05, 0.1) is 7.11 Å². The first-order chi connectivity index (χ1) is 15.7. The van der Waals surface area contributed by atoms with E-state index >= 15 is 0 Å². The molecular formula is C28H34N2O2. The zero-order chi connectivity index (χ0) is 22.2. The first kappa shape index (κ1) is 22.4. The van der Waals surface area contributed by atoms with E-state index in [9.17, 15) is 0 Å². The molecule has 32 heavy (non-hydrogen) atoms. The number of ether oxygens (including phenoxy) is 2. The molecule has 0 aliphatic carbocycles. The lowest BCUT2D eigenvalue weighted by molar-refractivity contribution is 0.122. The van der Waals surface area contributed by atoms with Crippen molar-refractivity contribution in [3.63, 3.8) is 0 Å². The zero-order valence-corrected chi connectivity index (χ0v) is 19.3. The largest absolute Gasteiger partial charge is 0.493 e. The second kappa shape index (κ2) is 11.2. The summed E-state index contributed by atoms with van der Waals surface area (Å²) in [5.41, 5.74) is 5.23. The molecule has 3 aromatic rings. The minimum atomic E-state index is 0.540. The van der Waals surface area contributed by atoms with E-state index in [-0.39, 0.29) is 0 Å². The van der Waals surface area contributed by atoms with Crippen LogP contribution in [0.2, 0.25) is 0 Å². The maximum absolute atomic E-state index is 6.09. The number of piperazine rings is 1. The summed E-state index contributed by atoms with van der Waals surface area (Å²) in [6.07, 6.45) is 1.10. The molecule has 1 aliphatic heterocycles. The van der Waals surface area contributed by atoms with Crippen LogP contribution in [0.1, 0.15) is 29.2 Å². The number of benzene rings is 3. The number of hydrogen-bond acceptors (Lipinski definition) is 4. The van der Waals surface area contributed by atoms with Crippen molar-refractivity contribution in [1.82, 2.24) is 9.80 Å². The monoisotopic (exact) mass is 430 g/mol. The second-order valence-corrected chi connectivity index (χ2v) is 8.48. The van der Waals surface area contributed by atoms with E-state index in [1.807, 2.05) is 24.3 Å². The molecule has 1 saturated heterocycles. The van der Waals surface area contributed by atoms with Crippen LogP contribution in [-0.2, 0) is 26.1 Å². The van der Waals surface area contributed by atoms with Crippen LogP contribution < -0.4 is 9.47 Å². The van der Waals surface area contributed by atoms with Gasteiger partial charge in [-0.2, -0.15) is 0 Å². The lowest BCUT2D eigenvalue weighted by Gasteiger charge is -2.34. The Morgan fingerprint density at radius 3 is 1.88 bits per heavy atom. The van der Waals surface area contributed by atoms with E-state index < -0.39 is 0 Å². The molecule has 0 radical (unpaired) electrons. The highest BCUT2D eigenvalue weighted by Crippen LogP contribution is 2.29. The van der Waals surface area contributed by atoms with E-state index in [1.54, 1.807) is 7.11 Å². The van der Waals surface area contributed by atoms with Gasteiger partial charge in [-0.05, 0) is 40.8 Å². The topological polar surface area (TPSA) is 24.9 Å². The van der Waals surface area contributed by atoms with Crippen LogP contribution in [0, 0.1) is 0 Å². The molecule has 1 heterocycles. The molecule has 3 aromatic carbocycles. The molecule has 0 aromatic heterocycles. The highest BCUT2D eigenvalue weighted by atomic mass is 16.5. The van der Waals surface area contributed by atoms with E-state index in [1.165, 1.54) is 16.7 Å². The highest BCUT2D eigenvalue weighted by molar-refractivity contribution is 5.43. The fourth-order valence-electron chi connectivity index (χ4n) is 4.17. The average Bonchev–Trinajstić information content (AvgIpc) is 2.85. The molecule has 0 saturated carbocycles. The molecule has 0 spiro atoms. The predicted octanol–water partition coefficient (Wildman–Crippen LogP) is 5.15. The normalized spacial score (nSPS) is 14.9. The summed E-state index contributed by atoms with van der Waals surface area (Å²) in [5.74, 6) is 1.59. The summed E-state index contributed by atoms with van der Waals surface area (Å²) in [5, 5.41) is 0. The summed E-state index contributed by atoms with van der Waals surface area (Å²) in [7, 11) is 1.69. The van der Waals surface area contributed by atoms with Crippen molar-refractivity contribution in [2.45, 2.75) is 33.0 Å². The van der Waals surface area contributed by atoms with Gasteiger partial charge in [0.2, 0.25) is 0 Å². The standard InChI is InChI=1S/C28H34N2O2/c1-3-23-9-11-24(12-10-23)20-29-15-17-30(18-16-29)21-26-13-14-27(31-2)28(19-26)32-22-25-7-5-4-6-8-25/h4-14,19H,3,15-18,20-22H2,1-2H3. The summed E-state index contributed by atoms with van der Waals surface area (Å²) < 4.78 is 11.6. The van der Waals surface area contributed by atoms with E-state index in [2.05, 4.69) is 65.3 Å². The molecular weight excluding hydrogens is 396 g/mol. The third-order valence-corrected chi connectivity index (χ3v) is 6.17. The van der Waals surface area contributed by atoms with Crippen LogP contribution in [0.3, 0.4) is 0 Å². The van der Waals surface area contributed by atoms with Gasteiger partial charge in [-0.15, -0.1) is 0 Å². The molecule has 0 unspecified atom stereocenters. The zero-order valence-electron chi connectivity index (χ0n) is 19.3. The summed E-state index contributed by atoms with van der Waals surface area (Å²) in [4.78, 5) is 5.08. The van der Waals surface area contributed by atoms with Crippen LogP contribution in [0.4, 0.5) is 0 Å². The Balaban J connectivity index is 1.30. The molecule has 0 N–H and O–H groups in total. The Kier molecular flexibility index (Phi) is 7.81.